The molecule has 0 aliphatic carbocycles. The summed E-state index contributed by atoms with van der Waals surface area (Å²) in [5, 5.41) is 3.44. The summed E-state index contributed by atoms with van der Waals surface area (Å²) < 4.78 is 5.37. The van der Waals surface area contributed by atoms with E-state index in [-0.39, 0.29) is 0 Å². The molecular weight excluding hydrogens is 162 g/mol. The molecule has 2 nitrogen and oxygen atoms in total. The zero-order chi connectivity index (χ0) is 10.1. The number of hydrogen-bond donors (Lipinski definition) is 1. The number of nitrogens with one attached hydrogen (secondary N) is 1. The third kappa shape index (κ3) is 7.03. The Balaban J connectivity index is 0.000000671. The summed E-state index contributed by atoms with van der Waals surface area (Å²) in [6.45, 7) is 11.4. The van der Waals surface area contributed by atoms with E-state index in [1.54, 1.807) is 0 Å². The van der Waals surface area contributed by atoms with Gasteiger partial charge >= 0.3 is 0 Å². The van der Waals surface area contributed by atoms with Crippen molar-refractivity contribution < 1.29 is 4.74 Å². The maximum atomic E-state index is 5.37. The lowest BCUT2D eigenvalue weighted by Gasteiger charge is -2.23. The van der Waals surface area contributed by atoms with Crippen LogP contribution in [0.5, 0.6) is 0 Å². The highest BCUT2D eigenvalue weighted by Crippen LogP contribution is 2.12. The Labute approximate surface area is 83.1 Å². The molecule has 0 aromatic heterocycles. The van der Waals surface area contributed by atoms with E-state index in [2.05, 4.69) is 19.2 Å². The van der Waals surface area contributed by atoms with Crippen molar-refractivity contribution in [2.24, 2.45) is 5.92 Å². The van der Waals surface area contributed by atoms with Crippen LogP contribution in [0.1, 0.15) is 40.5 Å². The van der Waals surface area contributed by atoms with Gasteiger partial charge in [-0.05, 0) is 18.8 Å². The second kappa shape index (κ2) is 8.52. The lowest BCUT2D eigenvalue weighted by atomic mass is 10.0. The molecule has 0 amide bonds. The first-order chi connectivity index (χ1) is 6.29. The SMILES string of the molecule is CC.CC(C)NCC1CCCOC1. The Kier molecular flexibility index (Phi) is 8.46. The predicted octanol–water partition coefficient (Wildman–Crippen LogP) is 2.44. The highest BCUT2D eigenvalue weighted by atomic mass is 16.5. The maximum absolute atomic E-state index is 5.37. The summed E-state index contributed by atoms with van der Waals surface area (Å²) in [5.41, 5.74) is 0. The van der Waals surface area contributed by atoms with Gasteiger partial charge in [-0.1, -0.05) is 27.7 Å². The van der Waals surface area contributed by atoms with Crippen LogP contribution in [0.25, 0.3) is 0 Å². The molecule has 13 heavy (non-hydrogen) atoms. The van der Waals surface area contributed by atoms with E-state index in [0.717, 1.165) is 25.7 Å². The lowest BCUT2D eigenvalue weighted by molar-refractivity contribution is 0.0542. The van der Waals surface area contributed by atoms with Gasteiger partial charge in [0.05, 0.1) is 6.61 Å². The first kappa shape index (κ1) is 12.9. The second-order valence-electron chi connectivity index (χ2n) is 3.65. The third-order valence-corrected chi connectivity index (χ3v) is 2.07. The molecule has 1 N–H and O–H groups in total. The van der Waals surface area contributed by atoms with Crippen LogP contribution in [0.15, 0.2) is 0 Å². The monoisotopic (exact) mass is 187 g/mol. The minimum Gasteiger partial charge on any atom is -0.381 e. The van der Waals surface area contributed by atoms with Gasteiger partial charge < -0.3 is 10.1 Å². The third-order valence-electron chi connectivity index (χ3n) is 2.07. The first-order valence-corrected chi connectivity index (χ1v) is 5.60. The molecule has 0 spiro atoms. The summed E-state index contributed by atoms with van der Waals surface area (Å²) in [4.78, 5) is 0. The molecule has 0 saturated carbocycles. The largest absolute Gasteiger partial charge is 0.381 e. The quantitative estimate of drug-likeness (QED) is 0.732. The molecule has 1 saturated heterocycles. The van der Waals surface area contributed by atoms with Crippen LogP contribution in [0.2, 0.25) is 0 Å². The zero-order valence-corrected chi connectivity index (χ0v) is 9.60. The predicted molar refractivity (Wildman–Crippen MR) is 58.0 cm³/mol. The van der Waals surface area contributed by atoms with Crippen LogP contribution >= 0.6 is 0 Å². The fourth-order valence-electron chi connectivity index (χ4n) is 1.37. The second-order valence-corrected chi connectivity index (χ2v) is 3.65. The van der Waals surface area contributed by atoms with Crippen molar-refractivity contribution in [3.63, 3.8) is 0 Å². The lowest BCUT2D eigenvalue weighted by Crippen LogP contribution is -2.33. The first-order valence-electron chi connectivity index (χ1n) is 5.60. The van der Waals surface area contributed by atoms with E-state index >= 15 is 0 Å². The molecule has 2 heteroatoms. The molecule has 0 bridgehead atoms. The standard InChI is InChI=1S/C9H19NO.C2H6/c1-8(2)10-6-9-4-3-5-11-7-9;1-2/h8-10H,3-7H2,1-2H3;1-2H3. The summed E-state index contributed by atoms with van der Waals surface area (Å²) in [5.74, 6) is 0.756. The molecule has 1 heterocycles. The summed E-state index contributed by atoms with van der Waals surface area (Å²) in [6.07, 6.45) is 2.57. The van der Waals surface area contributed by atoms with Gasteiger partial charge in [-0.25, -0.2) is 0 Å². The minimum absolute atomic E-state index is 0.608. The van der Waals surface area contributed by atoms with Crippen molar-refractivity contribution in [3.05, 3.63) is 0 Å². The number of rotatable bonds is 3. The topological polar surface area (TPSA) is 21.3 Å². The maximum Gasteiger partial charge on any atom is 0.0506 e. The molecule has 1 unspecified atom stereocenters. The molecule has 80 valence electrons. The van der Waals surface area contributed by atoms with E-state index < -0.39 is 0 Å². The Bertz CT molecular complexity index is 98.3. The van der Waals surface area contributed by atoms with Crippen LogP contribution < -0.4 is 5.32 Å². The fourth-order valence-corrected chi connectivity index (χ4v) is 1.37. The van der Waals surface area contributed by atoms with Gasteiger partial charge in [0.25, 0.3) is 0 Å². The highest BCUT2D eigenvalue weighted by molar-refractivity contribution is 4.66. The van der Waals surface area contributed by atoms with E-state index in [1.807, 2.05) is 13.8 Å². The summed E-state index contributed by atoms with van der Waals surface area (Å²) >= 11 is 0. The Morgan fingerprint density at radius 3 is 2.54 bits per heavy atom. The van der Waals surface area contributed by atoms with Crippen molar-refractivity contribution in [3.8, 4) is 0 Å². The van der Waals surface area contributed by atoms with Gasteiger partial charge in [0.1, 0.15) is 0 Å². The Morgan fingerprint density at radius 1 is 1.38 bits per heavy atom. The Morgan fingerprint density at radius 2 is 2.08 bits per heavy atom. The smallest absolute Gasteiger partial charge is 0.0506 e. The normalized spacial score (nSPS) is 22.4. The zero-order valence-electron chi connectivity index (χ0n) is 9.60. The molecule has 1 fully saturated rings. The highest BCUT2D eigenvalue weighted by Gasteiger charge is 2.13. The molecule has 0 aromatic carbocycles. The Hall–Kier alpha value is -0.0800. The van der Waals surface area contributed by atoms with Gasteiger partial charge in [0.2, 0.25) is 0 Å². The van der Waals surface area contributed by atoms with Crippen molar-refractivity contribution in [2.45, 2.75) is 46.6 Å². The molecule has 1 aliphatic rings. The van der Waals surface area contributed by atoms with Gasteiger partial charge in [0.15, 0.2) is 0 Å². The molecule has 1 rings (SSSR count). The molecule has 0 radical (unpaired) electrons. The van der Waals surface area contributed by atoms with Gasteiger partial charge in [0, 0.05) is 19.2 Å². The van der Waals surface area contributed by atoms with Crippen LogP contribution in [-0.4, -0.2) is 25.8 Å². The van der Waals surface area contributed by atoms with Crippen LogP contribution in [0, 0.1) is 5.92 Å². The van der Waals surface area contributed by atoms with Crippen molar-refractivity contribution in [2.75, 3.05) is 19.8 Å². The molecular formula is C11H25NO. The minimum atomic E-state index is 0.608. The van der Waals surface area contributed by atoms with Gasteiger partial charge in [-0.15, -0.1) is 0 Å². The van der Waals surface area contributed by atoms with E-state index in [0.29, 0.717) is 6.04 Å². The average molecular weight is 187 g/mol. The van der Waals surface area contributed by atoms with E-state index in [9.17, 15) is 0 Å². The summed E-state index contributed by atoms with van der Waals surface area (Å²) in [7, 11) is 0. The van der Waals surface area contributed by atoms with E-state index in [4.69, 9.17) is 4.74 Å². The van der Waals surface area contributed by atoms with Crippen molar-refractivity contribution in [1.29, 1.82) is 0 Å². The van der Waals surface area contributed by atoms with E-state index in [1.165, 1.54) is 12.8 Å². The number of hydrogen-bond acceptors (Lipinski definition) is 2. The molecule has 1 aliphatic heterocycles. The van der Waals surface area contributed by atoms with Gasteiger partial charge in [-0.2, -0.15) is 0 Å². The fraction of sp³-hybridized carbons (Fsp3) is 1.00. The van der Waals surface area contributed by atoms with Crippen LogP contribution in [-0.2, 0) is 4.74 Å². The van der Waals surface area contributed by atoms with Crippen molar-refractivity contribution >= 4 is 0 Å². The molecule has 0 aromatic rings. The average Bonchev–Trinajstić information content (AvgIpc) is 2.19. The van der Waals surface area contributed by atoms with Crippen LogP contribution in [0.4, 0.5) is 0 Å². The van der Waals surface area contributed by atoms with Crippen molar-refractivity contribution in [1.82, 2.24) is 5.32 Å². The molecule has 1 atom stereocenters. The summed E-state index contributed by atoms with van der Waals surface area (Å²) in [6, 6.07) is 0.608. The van der Waals surface area contributed by atoms with Gasteiger partial charge in [-0.3, -0.25) is 0 Å². The number of ether oxygens (including phenoxy) is 1. The van der Waals surface area contributed by atoms with Crippen LogP contribution in [0.3, 0.4) is 0 Å².